The molecule has 10 heteroatoms. The number of nitrogens with zero attached hydrogens (tertiary/aromatic N) is 3. The van der Waals surface area contributed by atoms with Gasteiger partial charge in [-0.05, 0) is 49.2 Å². The van der Waals surface area contributed by atoms with Gasteiger partial charge < -0.3 is 0 Å². The molecule has 0 aliphatic carbocycles. The number of aromatic nitrogens is 2. The third-order valence-corrected chi connectivity index (χ3v) is 7.40. The number of benzene rings is 2. The molecule has 30 heavy (non-hydrogen) atoms. The Labute approximate surface area is 182 Å². The molecule has 0 amide bonds. The van der Waals surface area contributed by atoms with Crippen molar-refractivity contribution >= 4 is 55.6 Å². The summed E-state index contributed by atoms with van der Waals surface area (Å²) < 4.78 is 27.0. The largest absolute Gasteiger partial charge is 0.292 e. The summed E-state index contributed by atoms with van der Waals surface area (Å²) in [6, 6.07) is 7.88. The zero-order valence-electron chi connectivity index (χ0n) is 15.9. The second-order valence-corrected chi connectivity index (χ2v) is 9.98. The van der Waals surface area contributed by atoms with Crippen LogP contribution < -0.4 is 9.86 Å². The number of hydrogen-bond donors (Lipinski definition) is 0. The third kappa shape index (κ3) is 3.59. The van der Waals surface area contributed by atoms with E-state index < -0.39 is 15.6 Å². The maximum Gasteiger partial charge on any atom is 0.261 e. The molecular formula is C20H17Cl2N3O4S. The summed E-state index contributed by atoms with van der Waals surface area (Å²) in [7, 11) is -3.35. The van der Waals surface area contributed by atoms with Crippen LogP contribution in [0.2, 0.25) is 10.0 Å². The number of anilines is 1. The molecule has 1 aliphatic heterocycles. The highest BCUT2D eigenvalue weighted by Gasteiger charge is 2.28. The second kappa shape index (κ2) is 7.68. The maximum atomic E-state index is 12.8. The average molecular weight is 466 g/mol. The normalized spacial score (nSPS) is 13.6. The van der Waals surface area contributed by atoms with Crippen molar-refractivity contribution in [1.82, 2.24) is 9.55 Å². The Balaban J connectivity index is 1.64. The van der Waals surface area contributed by atoms with Gasteiger partial charge in [-0.15, -0.1) is 0 Å². The van der Waals surface area contributed by atoms with Crippen LogP contribution in [-0.4, -0.2) is 36.0 Å². The molecule has 0 fully saturated rings. The van der Waals surface area contributed by atoms with E-state index in [0.717, 1.165) is 5.56 Å². The van der Waals surface area contributed by atoms with Crippen molar-refractivity contribution in [3.8, 4) is 0 Å². The summed E-state index contributed by atoms with van der Waals surface area (Å²) in [5.74, 6) is -0.273. The summed E-state index contributed by atoms with van der Waals surface area (Å²) in [5.41, 5.74) is 1.70. The van der Waals surface area contributed by atoms with Gasteiger partial charge in [-0.2, -0.15) is 0 Å². The van der Waals surface area contributed by atoms with E-state index in [1.807, 2.05) is 0 Å². The van der Waals surface area contributed by atoms with Gasteiger partial charge in [0.2, 0.25) is 10.0 Å². The van der Waals surface area contributed by atoms with Crippen molar-refractivity contribution in [3.05, 3.63) is 68.2 Å². The number of fused-ring (bicyclic) bond motifs is 2. The Bertz CT molecular complexity index is 1350. The van der Waals surface area contributed by atoms with Gasteiger partial charge in [-0.3, -0.25) is 18.5 Å². The predicted octanol–water partition coefficient (Wildman–Crippen LogP) is 3.30. The first-order chi connectivity index (χ1) is 14.2. The SMILES string of the molecule is CCS(=O)(=O)N1CCc2cc(C(=O)Cn3cnc4c(Cl)cc(Cl)cc4c3=O)ccc21. The summed E-state index contributed by atoms with van der Waals surface area (Å²) in [4.78, 5) is 29.7. The Kier molecular flexibility index (Phi) is 5.34. The van der Waals surface area contributed by atoms with Crippen molar-refractivity contribution in [3.63, 3.8) is 0 Å². The standard InChI is InChI=1S/C20H17Cl2N3O4S/c1-2-30(28,29)25-6-5-12-7-13(3-4-17(12)25)18(26)10-24-11-23-19-15(20(24)27)8-14(21)9-16(19)22/h3-4,7-9,11H,2,5-6,10H2,1H3. The van der Waals surface area contributed by atoms with Crippen molar-refractivity contribution in [2.75, 3.05) is 16.6 Å². The molecular weight excluding hydrogens is 449 g/mol. The first kappa shape index (κ1) is 20.8. The van der Waals surface area contributed by atoms with E-state index in [1.54, 1.807) is 25.1 Å². The molecule has 0 saturated carbocycles. The third-order valence-electron chi connectivity index (χ3n) is 5.11. The summed E-state index contributed by atoms with van der Waals surface area (Å²) in [6.45, 7) is 1.75. The second-order valence-electron chi connectivity index (χ2n) is 6.95. The molecule has 0 N–H and O–H groups in total. The van der Waals surface area contributed by atoms with Gasteiger partial charge >= 0.3 is 0 Å². The lowest BCUT2D eigenvalue weighted by Crippen LogP contribution is -2.30. The van der Waals surface area contributed by atoms with Crippen LogP contribution in [0.5, 0.6) is 0 Å². The molecule has 0 bridgehead atoms. The number of sulfonamides is 1. The summed E-state index contributed by atoms with van der Waals surface area (Å²) in [5, 5.41) is 0.802. The number of carbonyl (C=O) groups excluding carboxylic acids is 1. The topological polar surface area (TPSA) is 89.3 Å². The Hall–Kier alpha value is -2.42. The maximum absolute atomic E-state index is 12.8. The molecule has 0 spiro atoms. The Morgan fingerprint density at radius 3 is 2.70 bits per heavy atom. The van der Waals surface area contributed by atoms with E-state index in [2.05, 4.69) is 4.98 Å². The molecule has 1 aromatic heterocycles. The zero-order valence-corrected chi connectivity index (χ0v) is 18.3. The highest BCUT2D eigenvalue weighted by Crippen LogP contribution is 2.31. The zero-order chi connectivity index (χ0) is 21.6. The van der Waals surface area contributed by atoms with E-state index in [0.29, 0.717) is 34.8 Å². The molecule has 0 unspecified atom stereocenters. The number of Topliss-reactive ketones (excluding diaryl/α,β-unsaturated/α-hetero) is 1. The predicted molar refractivity (Wildman–Crippen MR) is 117 cm³/mol. The molecule has 156 valence electrons. The molecule has 2 aromatic carbocycles. The Morgan fingerprint density at radius 2 is 1.97 bits per heavy atom. The Morgan fingerprint density at radius 1 is 1.20 bits per heavy atom. The van der Waals surface area contributed by atoms with Crippen molar-refractivity contribution in [2.45, 2.75) is 19.9 Å². The smallest absolute Gasteiger partial charge is 0.261 e. The van der Waals surface area contributed by atoms with Crippen LogP contribution in [0, 0.1) is 0 Å². The number of carbonyl (C=O) groups is 1. The molecule has 4 rings (SSSR count). The van der Waals surface area contributed by atoms with Gasteiger partial charge in [0, 0.05) is 17.1 Å². The van der Waals surface area contributed by atoms with Crippen LogP contribution in [0.4, 0.5) is 5.69 Å². The fourth-order valence-corrected chi connectivity index (χ4v) is 5.24. The lowest BCUT2D eigenvalue weighted by atomic mass is 10.1. The van der Waals surface area contributed by atoms with E-state index in [1.165, 1.54) is 27.3 Å². The summed E-state index contributed by atoms with van der Waals surface area (Å²) in [6.07, 6.45) is 1.81. The highest BCUT2D eigenvalue weighted by molar-refractivity contribution is 7.92. The van der Waals surface area contributed by atoms with Gasteiger partial charge in [0.15, 0.2) is 5.78 Å². The first-order valence-electron chi connectivity index (χ1n) is 9.22. The molecule has 7 nitrogen and oxygen atoms in total. The fourth-order valence-electron chi connectivity index (χ4n) is 3.54. The number of ketones is 1. The minimum atomic E-state index is -3.35. The van der Waals surface area contributed by atoms with Crippen LogP contribution in [0.15, 0.2) is 41.5 Å². The van der Waals surface area contributed by atoms with Gasteiger partial charge in [0.1, 0.15) is 0 Å². The van der Waals surface area contributed by atoms with Gasteiger partial charge in [-0.25, -0.2) is 13.4 Å². The van der Waals surface area contributed by atoms with Crippen LogP contribution >= 0.6 is 23.2 Å². The molecule has 0 atom stereocenters. The van der Waals surface area contributed by atoms with Crippen LogP contribution in [-0.2, 0) is 23.0 Å². The number of halogens is 2. The molecule has 3 aromatic rings. The number of hydrogen-bond acceptors (Lipinski definition) is 5. The summed E-state index contributed by atoms with van der Waals surface area (Å²) >= 11 is 12.1. The molecule has 1 aliphatic rings. The van der Waals surface area contributed by atoms with Gasteiger partial charge in [-0.1, -0.05) is 23.2 Å². The van der Waals surface area contributed by atoms with Crippen LogP contribution in [0.25, 0.3) is 10.9 Å². The van der Waals surface area contributed by atoms with E-state index in [-0.39, 0.29) is 28.5 Å². The van der Waals surface area contributed by atoms with E-state index >= 15 is 0 Å². The quantitative estimate of drug-likeness (QED) is 0.539. The van der Waals surface area contributed by atoms with Crippen molar-refractivity contribution in [2.24, 2.45) is 0 Å². The highest BCUT2D eigenvalue weighted by atomic mass is 35.5. The lowest BCUT2D eigenvalue weighted by molar-refractivity contribution is 0.0970. The van der Waals surface area contributed by atoms with E-state index in [4.69, 9.17) is 23.2 Å². The van der Waals surface area contributed by atoms with Crippen LogP contribution in [0.3, 0.4) is 0 Å². The van der Waals surface area contributed by atoms with Gasteiger partial charge in [0.25, 0.3) is 5.56 Å². The van der Waals surface area contributed by atoms with Crippen molar-refractivity contribution < 1.29 is 13.2 Å². The minimum absolute atomic E-state index is 0.0129. The van der Waals surface area contributed by atoms with Gasteiger partial charge in [0.05, 0.1) is 40.2 Å². The molecule has 0 saturated heterocycles. The minimum Gasteiger partial charge on any atom is -0.292 e. The molecule has 0 radical (unpaired) electrons. The van der Waals surface area contributed by atoms with E-state index in [9.17, 15) is 18.0 Å². The average Bonchev–Trinajstić information content (AvgIpc) is 3.14. The van der Waals surface area contributed by atoms with Crippen LogP contribution in [0.1, 0.15) is 22.8 Å². The first-order valence-corrected chi connectivity index (χ1v) is 11.6. The fraction of sp³-hybridized carbons (Fsp3) is 0.250. The number of rotatable bonds is 5. The molecule has 2 heterocycles. The monoisotopic (exact) mass is 465 g/mol. The van der Waals surface area contributed by atoms with Crippen molar-refractivity contribution in [1.29, 1.82) is 0 Å². The lowest BCUT2D eigenvalue weighted by Gasteiger charge is -2.18.